The highest BCUT2D eigenvalue weighted by Gasteiger charge is 2.31. The molecule has 0 aromatic rings. The molecule has 0 radical (unpaired) electrons. The zero-order valence-corrected chi connectivity index (χ0v) is 13.6. The lowest BCUT2D eigenvalue weighted by Crippen LogP contribution is -2.60. The van der Waals surface area contributed by atoms with Crippen LogP contribution < -0.4 is 5.32 Å². The van der Waals surface area contributed by atoms with Gasteiger partial charge in [0.15, 0.2) is 0 Å². The molecule has 1 aliphatic rings. The Labute approximate surface area is 120 Å². The van der Waals surface area contributed by atoms with Gasteiger partial charge in [-0.3, -0.25) is 4.90 Å². The quantitative estimate of drug-likeness (QED) is 0.686. The molecule has 19 heavy (non-hydrogen) atoms. The average Bonchev–Trinajstić information content (AvgIpc) is 2.42. The van der Waals surface area contributed by atoms with Gasteiger partial charge in [0.05, 0.1) is 6.61 Å². The Morgan fingerprint density at radius 2 is 1.95 bits per heavy atom. The molecular weight excluding hydrogens is 236 g/mol. The summed E-state index contributed by atoms with van der Waals surface area (Å²) >= 11 is 0. The fourth-order valence-corrected chi connectivity index (χ4v) is 2.82. The Morgan fingerprint density at radius 1 is 1.21 bits per heavy atom. The molecule has 3 atom stereocenters. The number of piperazine rings is 1. The molecule has 3 nitrogen and oxygen atoms in total. The highest BCUT2D eigenvalue weighted by atomic mass is 16.5. The van der Waals surface area contributed by atoms with Crippen LogP contribution in [0.4, 0.5) is 0 Å². The van der Waals surface area contributed by atoms with Crippen LogP contribution in [-0.4, -0.2) is 49.8 Å². The Kier molecular flexibility index (Phi) is 7.96. The first-order valence-corrected chi connectivity index (χ1v) is 8.15. The zero-order valence-electron chi connectivity index (χ0n) is 13.6. The molecule has 1 fully saturated rings. The maximum Gasteiger partial charge on any atom is 0.0593 e. The molecule has 0 aromatic heterocycles. The van der Waals surface area contributed by atoms with Gasteiger partial charge in [-0.05, 0) is 18.3 Å². The third kappa shape index (κ3) is 5.41. The molecule has 1 rings (SSSR count). The van der Waals surface area contributed by atoms with Crippen LogP contribution in [0.3, 0.4) is 0 Å². The summed E-state index contributed by atoms with van der Waals surface area (Å²) in [5.41, 5.74) is 0. The lowest BCUT2D eigenvalue weighted by molar-refractivity contribution is 0.0402. The van der Waals surface area contributed by atoms with Crippen LogP contribution in [0, 0.1) is 11.8 Å². The smallest absolute Gasteiger partial charge is 0.0593 e. The number of hydrogen-bond donors (Lipinski definition) is 1. The Bertz CT molecular complexity index is 233. The molecule has 0 amide bonds. The summed E-state index contributed by atoms with van der Waals surface area (Å²) in [6.07, 6.45) is 2.37. The predicted molar refractivity (Wildman–Crippen MR) is 82.6 cm³/mol. The Hall–Kier alpha value is -0.120. The Balaban J connectivity index is 2.50. The van der Waals surface area contributed by atoms with Crippen molar-refractivity contribution in [3.05, 3.63) is 0 Å². The van der Waals surface area contributed by atoms with Crippen molar-refractivity contribution in [3.63, 3.8) is 0 Å². The van der Waals surface area contributed by atoms with Crippen molar-refractivity contribution in [2.75, 3.05) is 32.8 Å². The number of rotatable bonds is 8. The molecule has 0 bridgehead atoms. The third-order valence-corrected chi connectivity index (χ3v) is 4.47. The molecule has 0 aliphatic carbocycles. The summed E-state index contributed by atoms with van der Waals surface area (Å²) in [7, 11) is 0. The first-order chi connectivity index (χ1) is 9.10. The highest BCUT2D eigenvalue weighted by molar-refractivity contribution is 4.89. The van der Waals surface area contributed by atoms with Gasteiger partial charge in [-0.25, -0.2) is 0 Å². The highest BCUT2D eigenvalue weighted by Crippen LogP contribution is 2.20. The number of nitrogens with zero attached hydrogens (tertiary/aromatic N) is 1. The van der Waals surface area contributed by atoms with E-state index in [1.165, 1.54) is 13.0 Å². The minimum Gasteiger partial charge on any atom is -0.380 e. The second kappa shape index (κ2) is 8.93. The van der Waals surface area contributed by atoms with Crippen LogP contribution in [0.25, 0.3) is 0 Å². The second-order valence-electron chi connectivity index (χ2n) is 6.32. The minimum absolute atomic E-state index is 0.631. The topological polar surface area (TPSA) is 24.5 Å². The molecule has 0 saturated carbocycles. The summed E-state index contributed by atoms with van der Waals surface area (Å²) in [4.78, 5) is 2.66. The minimum atomic E-state index is 0.631. The van der Waals surface area contributed by atoms with E-state index in [4.69, 9.17) is 4.74 Å². The summed E-state index contributed by atoms with van der Waals surface area (Å²) in [6, 6.07) is 1.30. The van der Waals surface area contributed by atoms with Gasteiger partial charge in [0, 0.05) is 38.3 Å². The SMILES string of the molecule is CCCOCCN1CC(C(C)C)NCC1C(C)CC. The maximum absolute atomic E-state index is 5.68. The van der Waals surface area contributed by atoms with E-state index < -0.39 is 0 Å². The molecule has 0 spiro atoms. The van der Waals surface area contributed by atoms with Crippen LogP contribution in [0.2, 0.25) is 0 Å². The van der Waals surface area contributed by atoms with Crippen molar-refractivity contribution < 1.29 is 4.74 Å². The summed E-state index contributed by atoms with van der Waals surface area (Å²) in [6.45, 7) is 16.6. The molecule has 1 aliphatic heterocycles. The van der Waals surface area contributed by atoms with E-state index in [9.17, 15) is 0 Å². The molecule has 1 saturated heterocycles. The fourth-order valence-electron chi connectivity index (χ4n) is 2.82. The van der Waals surface area contributed by atoms with E-state index >= 15 is 0 Å². The summed E-state index contributed by atoms with van der Waals surface area (Å²) in [5, 5.41) is 3.73. The van der Waals surface area contributed by atoms with Gasteiger partial charge < -0.3 is 10.1 Å². The predicted octanol–water partition coefficient (Wildman–Crippen LogP) is 2.76. The average molecular weight is 270 g/mol. The van der Waals surface area contributed by atoms with Crippen molar-refractivity contribution in [2.45, 2.75) is 59.5 Å². The van der Waals surface area contributed by atoms with Crippen molar-refractivity contribution >= 4 is 0 Å². The lowest BCUT2D eigenvalue weighted by atomic mass is 9.92. The fraction of sp³-hybridized carbons (Fsp3) is 1.00. The largest absolute Gasteiger partial charge is 0.380 e. The van der Waals surface area contributed by atoms with Crippen molar-refractivity contribution in [1.29, 1.82) is 0 Å². The van der Waals surface area contributed by atoms with Crippen LogP contribution in [-0.2, 0) is 4.74 Å². The first-order valence-electron chi connectivity index (χ1n) is 8.15. The summed E-state index contributed by atoms with van der Waals surface area (Å²) < 4.78 is 5.68. The van der Waals surface area contributed by atoms with Crippen molar-refractivity contribution in [1.82, 2.24) is 10.2 Å². The van der Waals surface area contributed by atoms with Gasteiger partial charge in [-0.15, -0.1) is 0 Å². The monoisotopic (exact) mass is 270 g/mol. The standard InChI is InChI=1S/C16H34N2O/c1-6-9-19-10-8-18-12-15(13(3)4)17-11-16(18)14(5)7-2/h13-17H,6-12H2,1-5H3. The van der Waals surface area contributed by atoms with Gasteiger partial charge in [0.25, 0.3) is 0 Å². The van der Waals surface area contributed by atoms with E-state index in [-0.39, 0.29) is 0 Å². The van der Waals surface area contributed by atoms with Crippen LogP contribution >= 0.6 is 0 Å². The maximum atomic E-state index is 5.68. The van der Waals surface area contributed by atoms with Gasteiger partial charge in [0.1, 0.15) is 0 Å². The number of hydrogen-bond acceptors (Lipinski definition) is 3. The zero-order chi connectivity index (χ0) is 14.3. The summed E-state index contributed by atoms with van der Waals surface area (Å²) in [5.74, 6) is 1.46. The molecular formula is C16H34N2O. The van der Waals surface area contributed by atoms with Crippen LogP contribution in [0.5, 0.6) is 0 Å². The molecule has 3 unspecified atom stereocenters. The van der Waals surface area contributed by atoms with Gasteiger partial charge in [-0.1, -0.05) is 41.0 Å². The van der Waals surface area contributed by atoms with Crippen molar-refractivity contribution in [3.8, 4) is 0 Å². The molecule has 114 valence electrons. The van der Waals surface area contributed by atoms with E-state index in [1.54, 1.807) is 0 Å². The lowest BCUT2D eigenvalue weighted by Gasteiger charge is -2.44. The van der Waals surface area contributed by atoms with Crippen LogP contribution in [0.15, 0.2) is 0 Å². The van der Waals surface area contributed by atoms with Gasteiger partial charge in [-0.2, -0.15) is 0 Å². The van der Waals surface area contributed by atoms with Gasteiger partial charge in [0.2, 0.25) is 0 Å². The van der Waals surface area contributed by atoms with Gasteiger partial charge >= 0.3 is 0 Å². The first kappa shape index (κ1) is 16.9. The molecule has 3 heteroatoms. The van der Waals surface area contributed by atoms with E-state index in [0.717, 1.165) is 38.6 Å². The second-order valence-corrected chi connectivity index (χ2v) is 6.32. The van der Waals surface area contributed by atoms with E-state index in [2.05, 4.69) is 44.8 Å². The third-order valence-electron chi connectivity index (χ3n) is 4.47. The molecule has 1 heterocycles. The normalized spacial score (nSPS) is 26.8. The van der Waals surface area contributed by atoms with E-state index in [0.29, 0.717) is 18.0 Å². The molecule has 0 aromatic carbocycles. The number of nitrogens with one attached hydrogen (secondary N) is 1. The van der Waals surface area contributed by atoms with E-state index in [1.807, 2.05) is 0 Å². The number of ether oxygens (including phenoxy) is 1. The van der Waals surface area contributed by atoms with Crippen LogP contribution in [0.1, 0.15) is 47.5 Å². The Morgan fingerprint density at radius 3 is 2.53 bits per heavy atom. The van der Waals surface area contributed by atoms with Crippen molar-refractivity contribution in [2.24, 2.45) is 11.8 Å². The molecule has 1 N–H and O–H groups in total.